The second-order valence-electron chi connectivity index (χ2n) is 5.79. The van der Waals surface area contributed by atoms with Gasteiger partial charge < -0.3 is 21.3 Å². The highest BCUT2D eigenvalue weighted by Gasteiger charge is 2.16. The molecule has 0 spiro atoms. The van der Waals surface area contributed by atoms with E-state index in [1.165, 1.54) is 36.4 Å². The lowest BCUT2D eigenvalue weighted by Crippen LogP contribution is -2.15. The van der Waals surface area contributed by atoms with E-state index in [1.54, 1.807) is 6.92 Å². The summed E-state index contributed by atoms with van der Waals surface area (Å²) in [6.07, 6.45) is 0. The van der Waals surface area contributed by atoms with Crippen LogP contribution in [0.15, 0.2) is 51.0 Å². The normalized spacial score (nSPS) is 11.2. The molecule has 0 bridgehead atoms. The number of sulfonamides is 1. The van der Waals surface area contributed by atoms with E-state index in [4.69, 9.17) is 16.0 Å². The van der Waals surface area contributed by atoms with Gasteiger partial charge in [0.2, 0.25) is 5.91 Å². The molecule has 0 fully saturated rings. The molecule has 3 rings (SSSR count). The highest BCUT2D eigenvalue weighted by molar-refractivity contribution is 7.99. The largest absolute Gasteiger partial charge is 0.383 e. The third kappa shape index (κ3) is 5.58. The molecule has 0 radical (unpaired) electrons. The molecule has 2 heterocycles. The van der Waals surface area contributed by atoms with Crippen LogP contribution in [0.4, 0.5) is 23.1 Å². The van der Waals surface area contributed by atoms with E-state index in [1.807, 2.05) is 0 Å². The molecule has 1 amide bonds. The Bertz CT molecular complexity index is 1110. The first-order valence-electron chi connectivity index (χ1n) is 8.10. The number of nitrogens with two attached hydrogens (primary N) is 2. The molecule has 0 aliphatic carbocycles. The zero-order valence-corrected chi connectivity index (χ0v) is 16.8. The maximum absolute atomic E-state index is 12.3. The quantitative estimate of drug-likeness (QED) is 0.313. The Balaban J connectivity index is 1.58. The van der Waals surface area contributed by atoms with Crippen molar-refractivity contribution in [1.29, 1.82) is 0 Å². The number of carbonyl (C=O) groups excluding carboxylic acids is 1. The van der Waals surface area contributed by atoms with E-state index < -0.39 is 10.0 Å². The van der Waals surface area contributed by atoms with E-state index in [2.05, 4.69) is 25.2 Å². The summed E-state index contributed by atoms with van der Waals surface area (Å²) in [6.45, 7) is 1.65. The Hall–Kier alpha value is -3.32. The molecule has 3 aromatic rings. The van der Waals surface area contributed by atoms with Crippen molar-refractivity contribution >= 4 is 50.8 Å². The molecule has 0 unspecified atom stereocenters. The van der Waals surface area contributed by atoms with Gasteiger partial charge in [-0.3, -0.25) is 9.52 Å². The van der Waals surface area contributed by atoms with Crippen LogP contribution in [0.5, 0.6) is 0 Å². The first kappa shape index (κ1) is 20.4. The summed E-state index contributed by atoms with van der Waals surface area (Å²) in [6, 6.07) is 8.54. The Morgan fingerprint density at radius 3 is 2.38 bits per heavy atom. The minimum atomic E-state index is -3.83. The van der Waals surface area contributed by atoms with Crippen molar-refractivity contribution in [3.8, 4) is 0 Å². The summed E-state index contributed by atoms with van der Waals surface area (Å²) in [7, 11) is -3.83. The Morgan fingerprint density at radius 1 is 1.14 bits per heavy atom. The van der Waals surface area contributed by atoms with E-state index >= 15 is 0 Å². The van der Waals surface area contributed by atoms with Crippen LogP contribution in [0.25, 0.3) is 0 Å². The number of benzene rings is 1. The minimum absolute atomic E-state index is 0.00848. The number of aromatic nitrogens is 3. The van der Waals surface area contributed by atoms with Crippen LogP contribution < -0.4 is 21.5 Å². The molecule has 0 aliphatic heterocycles. The van der Waals surface area contributed by atoms with Crippen molar-refractivity contribution in [1.82, 2.24) is 15.1 Å². The van der Waals surface area contributed by atoms with Crippen molar-refractivity contribution in [3.05, 3.63) is 42.2 Å². The van der Waals surface area contributed by atoms with E-state index in [0.717, 1.165) is 11.8 Å². The number of hydrogen-bond donors (Lipinski definition) is 4. The van der Waals surface area contributed by atoms with E-state index in [0.29, 0.717) is 11.4 Å². The van der Waals surface area contributed by atoms with E-state index in [-0.39, 0.29) is 39.2 Å². The molecule has 1 aromatic carbocycles. The van der Waals surface area contributed by atoms with E-state index in [9.17, 15) is 13.2 Å². The topological polar surface area (TPSA) is 179 Å². The van der Waals surface area contributed by atoms with Gasteiger partial charge in [-0.1, -0.05) is 16.9 Å². The third-order valence-corrected chi connectivity index (χ3v) is 5.61. The molecule has 152 valence electrons. The summed E-state index contributed by atoms with van der Waals surface area (Å²) in [5, 5.41) is 6.53. The highest BCUT2D eigenvalue weighted by atomic mass is 32.2. The lowest BCUT2D eigenvalue weighted by molar-refractivity contribution is -0.113. The van der Waals surface area contributed by atoms with Gasteiger partial charge in [-0.05, 0) is 31.2 Å². The summed E-state index contributed by atoms with van der Waals surface area (Å²) in [5.74, 6) is 0.687. The highest BCUT2D eigenvalue weighted by Crippen LogP contribution is 2.19. The SMILES string of the molecule is Cc1cc(NS(=O)(=O)c2ccc(NC(=O)CSc3nc(N)cc(N)n3)cc2)no1. The molecule has 29 heavy (non-hydrogen) atoms. The van der Waals surface area contributed by atoms with Gasteiger partial charge in [0.25, 0.3) is 10.0 Å². The Kier molecular flexibility index (Phi) is 5.89. The number of thioether (sulfide) groups is 1. The smallest absolute Gasteiger partial charge is 0.263 e. The molecule has 0 saturated carbocycles. The molecular formula is C16H17N7O4S2. The number of aryl methyl sites for hydroxylation is 1. The van der Waals surface area contributed by atoms with Crippen molar-refractivity contribution in [2.45, 2.75) is 17.0 Å². The average molecular weight is 435 g/mol. The second-order valence-corrected chi connectivity index (χ2v) is 8.41. The zero-order valence-electron chi connectivity index (χ0n) is 15.1. The van der Waals surface area contributed by atoms with Crippen LogP contribution in [0.3, 0.4) is 0 Å². The van der Waals surface area contributed by atoms with Crippen LogP contribution in [0, 0.1) is 6.92 Å². The molecule has 0 saturated heterocycles. The minimum Gasteiger partial charge on any atom is -0.383 e. The van der Waals surface area contributed by atoms with Crippen molar-refractivity contribution in [3.63, 3.8) is 0 Å². The van der Waals surface area contributed by atoms with Gasteiger partial charge in [0, 0.05) is 17.8 Å². The molecular weight excluding hydrogens is 418 g/mol. The van der Waals surface area contributed by atoms with Crippen LogP contribution in [0.2, 0.25) is 0 Å². The summed E-state index contributed by atoms with van der Waals surface area (Å²) < 4.78 is 31.8. The number of amides is 1. The number of nitrogens with one attached hydrogen (secondary N) is 2. The lowest BCUT2D eigenvalue weighted by Gasteiger charge is -2.08. The Morgan fingerprint density at radius 2 is 1.79 bits per heavy atom. The first-order chi connectivity index (χ1) is 13.7. The van der Waals surface area contributed by atoms with Gasteiger partial charge >= 0.3 is 0 Å². The fourth-order valence-corrected chi connectivity index (χ4v) is 3.84. The predicted octanol–water partition coefficient (Wildman–Crippen LogP) is 1.47. The van der Waals surface area contributed by atoms with Gasteiger partial charge in [0.1, 0.15) is 17.4 Å². The Labute approximate surface area is 170 Å². The van der Waals surface area contributed by atoms with Gasteiger partial charge in [0.15, 0.2) is 11.0 Å². The lowest BCUT2D eigenvalue weighted by atomic mass is 10.3. The zero-order chi connectivity index (χ0) is 21.0. The number of nitrogens with zero attached hydrogens (tertiary/aromatic N) is 3. The maximum atomic E-state index is 12.3. The van der Waals surface area contributed by atoms with Crippen LogP contribution in [-0.2, 0) is 14.8 Å². The van der Waals surface area contributed by atoms with Crippen LogP contribution >= 0.6 is 11.8 Å². The number of rotatable bonds is 7. The summed E-state index contributed by atoms with van der Waals surface area (Å²) in [5.41, 5.74) is 11.6. The molecule has 0 atom stereocenters. The molecule has 11 nitrogen and oxygen atoms in total. The van der Waals surface area contributed by atoms with Gasteiger partial charge in [-0.15, -0.1) is 0 Å². The fraction of sp³-hybridized carbons (Fsp3) is 0.125. The van der Waals surface area contributed by atoms with Crippen molar-refractivity contribution in [2.75, 3.05) is 27.3 Å². The third-order valence-electron chi connectivity index (χ3n) is 3.39. The number of nitrogen functional groups attached to an aromatic ring is 2. The number of hydrogen-bond acceptors (Lipinski definition) is 10. The van der Waals surface area contributed by atoms with Crippen molar-refractivity contribution in [2.24, 2.45) is 0 Å². The number of carbonyl (C=O) groups is 1. The van der Waals surface area contributed by atoms with Crippen molar-refractivity contribution < 1.29 is 17.7 Å². The monoisotopic (exact) mass is 435 g/mol. The molecule has 13 heteroatoms. The predicted molar refractivity (Wildman–Crippen MR) is 109 cm³/mol. The average Bonchev–Trinajstić information content (AvgIpc) is 3.04. The van der Waals surface area contributed by atoms with Crippen LogP contribution in [0.1, 0.15) is 5.76 Å². The second kappa shape index (κ2) is 8.36. The summed E-state index contributed by atoms with van der Waals surface area (Å²) in [4.78, 5) is 20.0. The molecule has 0 aliphatic rings. The first-order valence-corrected chi connectivity index (χ1v) is 10.6. The molecule has 6 N–H and O–H groups in total. The fourth-order valence-electron chi connectivity index (χ4n) is 2.18. The van der Waals surface area contributed by atoms with Gasteiger partial charge in [-0.25, -0.2) is 18.4 Å². The standard InChI is InChI=1S/C16H17N7O4S2/c1-9-6-14(22-27-9)23-29(25,26)11-4-2-10(3-5-11)19-15(24)8-28-16-20-12(17)7-13(18)21-16/h2-7H,8H2,1H3,(H,19,24)(H,22,23)(H4,17,18,20,21). The van der Waals surface area contributed by atoms with Crippen LogP contribution in [-0.4, -0.2) is 35.2 Å². The maximum Gasteiger partial charge on any atom is 0.263 e. The summed E-state index contributed by atoms with van der Waals surface area (Å²) >= 11 is 1.07. The molecule has 2 aromatic heterocycles. The van der Waals surface area contributed by atoms with Gasteiger partial charge in [-0.2, -0.15) is 0 Å². The number of anilines is 4. The van der Waals surface area contributed by atoms with Gasteiger partial charge in [0.05, 0.1) is 10.6 Å².